The molecule has 0 amide bonds. The number of hydrogen-bond donors (Lipinski definition) is 0. The van der Waals surface area contributed by atoms with E-state index in [1.54, 1.807) is 0 Å². The Bertz CT molecular complexity index is 273. The summed E-state index contributed by atoms with van der Waals surface area (Å²) in [6.45, 7) is 0. The van der Waals surface area contributed by atoms with E-state index in [0.29, 0.717) is 5.78 Å². The third-order valence-corrected chi connectivity index (χ3v) is 2.92. The summed E-state index contributed by atoms with van der Waals surface area (Å²) in [5.41, 5.74) is 2.36. The molecule has 0 radical (unpaired) electrons. The van der Waals surface area contributed by atoms with Gasteiger partial charge in [-0.05, 0) is 41.0 Å². The summed E-state index contributed by atoms with van der Waals surface area (Å²) in [6, 6.07) is 0. The van der Waals surface area contributed by atoms with E-state index in [1.165, 1.54) is 10.1 Å². The van der Waals surface area contributed by atoms with Gasteiger partial charge in [0, 0.05) is 6.42 Å². The Morgan fingerprint density at radius 1 is 1.18 bits per heavy atom. The van der Waals surface area contributed by atoms with E-state index in [4.69, 9.17) is 0 Å². The second-order valence-electron chi connectivity index (χ2n) is 3.02. The van der Waals surface area contributed by atoms with E-state index >= 15 is 0 Å². The highest BCUT2D eigenvalue weighted by Crippen LogP contribution is 2.35. The molecule has 0 saturated carbocycles. The Balaban J connectivity index is 2.38. The molecular weight excluding hydrogens is 204 g/mol. The molecule has 0 heterocycles. The highest BCUT2D eigenvalue weighted by atomic mass is 79.9. The first-order valence-corrected chi connectivity index (χ1v) is 4.68. The lowest BCUT2D eigenvalue weighted by molar-refractivity contribution is -0.115. The van der Waals surface area contributed by atoms with E-state index in [0.717, 1.165) is 31.3 Å². The second-order valence-corrected chi connectivity index (χ2v) is 4.04. The van der Waals surface area contributed by atoms with Crippen LogP contribution in [0.2, 0.25) is 0 Å². The van der Waals surface area contributed by atoms with Gasteiger partial charge >= 0.3 is 0 Å². The number of allylic oxidation sites excluding steroid dienone is 4. The summed E-state index contributed by atoms with van der Waals surface area (Å²) in [5, 5.41) is 0. The van der Waals surface area contributed by atoms with Gasteiger partial charge in [0.25, 0.3) is 0 Å². The third kappa shape index (κ3) is 1.20. The van der Waals surface area contributed by atoms with Crippen LogP contribution in [0.3, 0.4) is 0 Å². The van der Waals surface area contributed by atoms with Crippen molar-refractivity contribution in [2.75, 3.05) is 0 Å². The molecule has 0 bridgehead atoms. The molecule has 0 aromatic rings. The molecule has 0 unspecified atom stereocenters. The van der Waals surface area contributed by atoms with E-state index in [1.807, 2.05) is 0 Å². The van der Waals surface area contributed by atoms with Crippen molar-refractivity contribution in [1.82, 2.24) is 0 Å². The minimum absolute atomic E-state index is 0.372. The van der Waals surface area contributed by atoms with Gasteiger partial charge in [0.05, 0.1) is 0 Å². The van der Waals surface area contributed by atoms with E-state index in [9.17, 15) is 4.79 Å². The van der Waals surface area contributed by atoms with Crippen molar-refractivity contribution in [3.8, 4) is 0 Å². The molecule has 0 aliphatic heterocycles. The lowest BCUT2D eigenvalue weighted by atomic mass is 10.00. The fourth-order valence-electron chi connectivity index (χ4n) is 1.69. The summed E-state index contributed by atoms with van der Waals surface area (Å²) in [5.74, 6) is 0.372. The van der Waals surface area contributed by atoms with Crippen molar-refractivity contribution in [2.24, 2.45) is 0 Å². The zero-order valence-electron chi connectivity index (χ0n) is 6.19. The molecule has 0 saturated heterocycles. The number of ketones is 1. The Hall–Kier alpha value is -0.370. The first kappa shape index (κ1) is 7.29. The van der Waals surface area contributed by atoms with Crippen LogP contribution in [0, 0.1) is 0 Å². The number of carbonyl (C=O) groups excluding carboxylic acids is 1. The van der Waals surface area contributed by atoms with Crippen LogP contribution in [0.4, 0.5) is 0 Å². The van der Waals surface area contributed by atoms with Crippen LogP contribution in [0.1, 0.15) is 25.7 Å². The molecule has 11 heavy (non-hydrogen) atoms. The predicted molar refractivity (Wildman–Crippen MR) is 47.5 cm³/mol. The number of hydrogen-bond acceptors (Lipinski definition) is 1. The molecule has 0 spiro atoms. The molecule has 2 rings (SSSR count). The van der Waals surface area contributed by atoms with Crippen LogP contribution >= 0.6 is 15.9 Å². The molecule has 0 aromatic heterocycles. The molecule has 0 atom stereocenters. The second kappa shape index (κ2) is 2.59. The van der Waals surface area contributed by atoms with Crippen LogP contribution in [0.5, 0.6) is 0 Å². The van der Waals surface area contributed by atoms with Gasteiger partial charge in [0.2, 0.25) is 0 Å². The molecule has 0 aromatic carbocycles. The minimum Gasteiger partial charge on any atom is -0.295 e. The maximum atomic E-state index is 11.2. The smallest absolute Gasteiger partial charge is 0.159 e. The van der Waals surface area contributed by atoms with E-state index < -0.39 is 0 Å². The zero-order chi connectivity index (χ0) is 7.84. The van der Waals surface area contributed by atoms with Gasteiger partial charge in [-0.3, -0.25) is 4.79 Å². The zero-order valence-corrected chi connectivity index (χ0v) is 7.78. The first-order valence-electron chi connectivity index (χ1n) is 3.88. The summed E-state index contributed by atoms with van der Waals surface area (Å²) < 4.78 is 1.24. The Labute approximate surface area is 74.3 Å². The summed E-state index contributed by atoms with van der Waals surface area (Å²) in [4.78, 5) is 11.2. The van der Waals surface area contributed by atoms with Crippen molar-refractivity contribution in [2.45, 2.75) is 25.7 Å². The van der Waals surface area contributed by atoms with Gasteiger partial charge in [-0.25, -0.2) is 0 Å². The van der Waals surface area contributed by atoms with Crippen molar-refractivity contribution in [3.63, 3.8) is 0 Å². The Morgan fingerprint density at radius 3 is 2.82 bits per heavy atom. The number of carbonyl (C=O) groups is 1. The maximum Gasteiger partial charge on any atom is 0.159 e. The molecule has 1 nitrogen and oxygen atoms in total. The molecule has 2 aliphatic rings. The number of halogens is 1. The average molecular weight is 213 g/mol. The van der Waals surface area contributed by atoms with Crippen LogP contribution in [0.15, 0.2) is 21.7 Å². The van der Waals surface area contributed by atoms with Crippen LogP contribution in [-0.4, -0.2) is 5.78 Å². The van der Waals surface area contributed by atoms with Crippen LogP contribution < -0.4 is 0 Å². The third-order valence-electron chi connectivity index (χ3n) is 2.29. The van der Waals surface area contributed by atoms with E-state index in [2.05, 4.69) is 22.0 Å². The largest absolute Gasteiger partial charge is 0.295 e. The van der Waals surface area contributed by atoms with Crippen LogP contribution in [-0.2, 0) is 4.79 Å². The van der Waals surface area contributed by atoms with Gasteiger partial charge in [-0.15, -0.1) is 0 Å². The standard InChI is InChI=1S/C9H9BrO/c10-7-2-3-8-6(5-7)1-4-9(8)11/h5H,1-4H2. The molecule has 2 aliphatic carbocycles. The van der Waals surface area contributed by atoms with Gasteiger partial charge in [0.1, 0.15) is 0 Å². The fraction of sp³-hybridized carbons (Fsp3) is 0.444. The number of Topliss-reactive ketones (excluding diaryl/α,β-unsaturated/α-hetero) is 1. The van der Waals surface area contributed by atoms with Gasteiger partial charge in [-0.1, -0.05) is 15.9 Å². The lowest BCUT2D eigenvalue weighted by Gasteiger charge is -2.08. The predicted octanol–water partition coefficient (Wildman–Crippen LogP) is 2.72. The molecule has 0 fully saturated rings. The lowest BCUT2D eigenvalue weighted by Crippen LogP contribution is -1.98. The van der Waals surface area contributed by atoms with E-state index in [-0.39, 0.29) is 0 Å². The normalized spacial score (nSPS) is 23.7. The summed E-state index contributed by atoms with van der Waals surface area (Å²) in [6.07, 6.45) is 5.77. The fourth-order valence-corrected chi connectivity index (χ4v) is 2.17. The topological polar surface area (TPSA) is 17.1 Å². The van der Waals surface area contributed by atoms with Crippen molar-refractivity contribution >= 4 is 21.7 Å². The summed E-state index contributed by atoms with van der Waals surface area (Å²) in [7, 11) is 0. The molecular formula is C9H9BrO. The SMILES string of the molecule is O=C1CCC2=C1CCC(Br)=C2. The monoisotopic (exact) mass is 212 g/mol. The average Bonchev–Trinajstić information content (AvgIpc) is 2.32. The highest BCUT2D eigenvalue weighted by Gasteiger charge is 2.23. The Morgan fingerprint density at radius 2 is 2.00 bits per heavy atom. The van der Waals surface area contributed by atoms with Gasteiger partial charge in [-0.2, -0.15) is 0 Å². The van der Waals surface area contributed by atoms with Gasteiger partial charge in [0.15, 0.2) is 5.78 Å². The van der Waals surface area contributed by atoms with Crippen molar-refractivity contribution in [3.05, 3.63) is 21.7 Å². The highest BCUT2D eigenvalue weighted by molar-refractivity contribution is 9.11. The minimum atomic E-state index is 0.372. The maximum absolute atomic E-state index is 11.2. The summed E-state index contributed by atoms with van der Waals surface area (Å²) >= 11 is 3.46. The van der Waals surface area contributed by atoms with Crippen molar-refractivity contribution in [1.29, 1.82) is 0 Å². The molecule has 58 valence electrons. The first-order chi connectivity index (χ1) is 5.27. The quantitative estimate of drug-likeness (QED) is 0.604. The van der Waals surface area contributed by atoms with Crippen LogP contribution in [0.25, 0.3) is 0 Å². The molecule has 0 N–H and O–H groups in total. The molecule has 2 heteroatoms. The Kier molecular flexibility index (Phi) is 1.72. The van der Waals surface area contributed by atoms with Crippen molar-refractivity contribution < 1.29 is 4.79 Å². The van der Waals surface area contributed by atoms with Gasteiger partial charge < -0.3 is 0 Å². The number of rotatable bonds is 0.